The van der Waals surface area contributed by atoms with Crippen LogP contribution in [0.1, 0.15) is 25.0 Å². The van der Waals surface area contributed by atoms with Gasteiger partial charge < -0.3 is 5.73 Å². The summed E-state index contributed by atoms with van der Waals surface area (Å²) in [5, 5.41) is 0. The molecule has 2 N–H and O–H groups in total. The van der Waals surface area contributed by atoms with Gasteiger partial charge >= 0.3 is 0 Å². The molecular weight excluding hydrogens is 172 g/mol. The molecule has 0 saturated carbocycles. The molecule has 0 aromatic heterocycles. The van der Waals surface area contributed by atoms with E-state index in [9.17, 15) is 0 Å². The first-order valence-corrected chi connectivity index (χ1v) is 5.28. The summed E-state index contributed by atoms with van der Waals surface area (Å²) in [6.45, 7) is 6.74. The molecule has 0 radical (unpaired) electrons. The lowest BCUT2D eigenvalue weighted by Crippen LogP contribution is -2.35. The fourth-order valence-electron chi connectivity index (χ4n) is 2.04. The van der Waals surface area contributed by atoms with Crippen molar-refractivity contribution in [1.82, 2.24) is 4.90 Å². The fourth-order valence-corrected chi connectivity index (χ4v) is 2.04. The van der Waals surface area contributed by atoms with Crippen LogP contribution < -0.4 is 5.73 Å². The number of nitrogen functional groups attached to an aromatic ring is 1. The first-order chi connectivity index (χ1) is 6.66. The molecular formula is C12H18N2. The summed E-state index contributed by atoms with van der Waals surface area (Å²) in [7, 11) is 0. The Kier molecular flexibility index (Phi) is 2.46. The average molecular weight is 190 g/mol. The van der Waals surface area contributed by atoms with Crippen LogP contribution in [-0.2, 0) is 13.0 Å². The van der Waals surface area contributed by atoms with Crippen LogP contribution in [0.4, 0.5) is 5.69 Å². The molecule has 1 aliphatic heterocycles. The van der Waals surface area contributed by atoms with E-state index in [2.05, 4.69) is 30.9 Å². The third kappa shape index (κ3) is 1.75. The zero-order valence-electron chi connectivity index (χ0n) is 8.96. The van der Waals surface area contributed by atoms with E-state index >= 15 is 0 Å². The number of hydrogen-bond donors (Lipinski definition) is 1. The first kappa shape index (κ1) is 9.53. The van der Waals surface area contributed by atoms with E-state index in [1.165, 1.54) is 11.1 Å². The zero-order chi connectivity index (χ0) is 10.1. The van der Waals surface area contributed by atoms with Gasteiger partial charge in [-0.3, -0.25) is 4.90 Å². The Labute approximate surface area is 85.7 Å². The summed E-state index contributed by atoms with van der Waals surface area (Å²) in [5.41, 5.74) is 9.53. The molecule has 2 heteroatoms. The van der Waals surface area contributed by atoms with Crippen molar-refractivity contribution in [1.29, 1.82) is 0 Å². The largest absolute Gasteiger partial charge is 0.399 e. The summed E-state index contributed by atoms with van der Waals surface area (Å²) < 4.78 is 0. The molecule has 0 bridgehead atoms. The second kappa shape index (κ2) is 3.62. The van der Waals surface area contributed by atoms with E-state index in [0.717, 1.165) is 25.2 Å². The average Bonchev–Trinajstić information content (AvgIpc) is 2.16. The summed E-state index contributed by atoms with van der Waals surface area (Å²) in [4.78, 5) is 2.50. The van der Waals surface area contributed by atoms with Gasteiger partial charge in [-0.15, -0.1) is 0 Å². The van der Waals surface area contributed by atoms with Gasteiger partial charge in [0.1, 0.15) is 0 Å². The molecule has 1 aliphatic rings. The number of rotatable bonds is 1. The number of anilines is 1. The highest BCUT2D eigenvalue weighted by Gasteiger charge is 2.17. The summed E-state index contributed by atoms with van der Waals surface area (Å²) in [6.07, 6.45) is 1.14. The van der Waals surface area contributed by atoms with Crippen molar-refractivity contribution >= 4 is 5.69 Å². The van der Waals surface area contributed by atoms with Gasteiger partial charge in [0.2, 0.25) is 0 Å². The Morgan fingerprint density at radius 2 is 2.07 bits per heavy atom. The SMILES string of the molecule is CC(C)N1CCc2cc(N)ccc2C1. The Balaban J connectivity index is 2.23. The Bertz CT molecular complexity index is 331. The van der Waals surface area contributed by atoms with Crippen molar-refractivity contribution < 1.29 is 0 Å². The second-order valence-corrected chi connectivity index (χ2v) is 4.34. The van der Waals surface area contributed by atoms with Gasteiger partial charge in [-0.1, -0.05) is 6.07 Å². The first-order valence-electron chi connectivity index (χ1n) is 5.28. The predicted molar refractivity (Wildman–Crippen MR) is 60.1 cm³/mol. The zero-order valence-corrected chi connectivity index (χ0v) is 8.96. The molecule has 0 aliphatic carbocycles. The Morgan fingerprint density at radius 1 is 1.29 bits per heavy atom. The highest BCUT2D eigenvalue weighted by molar-refractivity contribution is 5.45. The van der Waals surface area contributed by atoms with E-state index in [1.54, 1.807) is 0 Å². The minimum atomic E-state index is 0.640. The van der Waals surface area contributed by atoms with Crippen LogP contribution in [0.2, 0.25) is 0 Å². The van der Waals surface area contributed by atoms with Crippen LogP contribution in [0.3, 0.4) is 0 Å². The van der Waals surface area contributed by atoms with Crippen LogP contribution in [0, 0.1) is 0 Å². The van der Waals surface area contributed by atoms with E-state index in [1.807, 2.05) is 6.07 Å². The third-order valence-electron chi connectivity index (χ3n) is 3.00. The van der Waals surface area contributed by atoms with E-state index in [-0.39, 0.29) is 0 Å². The lowest BCUT2D eigenvalue weighted by molar-refractivity contribution is 0.203. The quantitative estimate of drug-likeness (QED) is 0.687. The number of nitrogens with zero attached hydrogens (tertiary/aromatic N) is 1. The smallest absolute Gasteiger partial charge is 0.0316 e. The van der Waals surface area contributed by atoms with Crippen LogP contribution in [-0.4, -0.2) is 17.5 Å². The van der Waals surface area contributed by atoms with Gasteiger partial charge in [0.05, 0.1) is 0 Å². The van der Waals surface area contributed by atoms with Gasteiger partial charge in [0.25, 0.3) is 0 Å². The summed E-state index contributed by atoms with van der Waals surface area (Å²) >= 11 is 0. The fraction of sp³-hybridized carbons (Fsp3) is 0.500. The number of benzene rings is 1. The lowest BCUT2D eigenvalue weighted by atomic mass is 9.98. The molecule has 0 saturated heterocycles. The number of nitrogens with two attached hydrogens (primary N) is 1. The van der Waals surface area contributed by atoms with Gasteiger partial charge in [-0.25, -0.2) is 0 Å². The van der Waals surface area contributed by atoms with Gasteiger partial charge in [-0.2, -0.15) is 0 Å². The van der Waals surface area contributed by atoms with Crippen molar-refractivity contribution in [2.75, 3.05) is 12.3 Å². The van der Waals surface area contributed by atoms with Crippen molar-refractivity contribution in [3.63, 3.8) is 0 Å². The van der Waals surface area contributed by atoms with Crippen LogP contribution in [0.25, 0.3) is 0 Å². The lowest BCUT2D eigenvalue weighted by Gasteiger charge is -2.31. The summed E-state index contributed by atoms with van der Waals surface area (Å²) in [5.74, 6) is 0. The van der Waals surface area contributed by atoms with Crippen LogP contribution in [0.15, 0.2) is 18.2 Å². The van der Waals surface area contributed by atoms with E-state index < -0.39 is 0 Å². The highest BCUT2D eigenvalue weighted by atomic mass is 15.1. The van der Waals surface area contributed by atoms with Crippen molar-refractivity contribution in [3.05, 3.63) is 29.3 Å². The second-order valence-electron chi connectivity index (χ2n) is 4.34. The molecule has 1 aromatic rings. The third-order valence-corrected chi connectivity index (χ3v) is 3.00. The molecule has 2 nitrogen and oxygen atoms in total. The minimum Gasteiger partial charge on any atom is -0.399 e. The van der Waals surface area contributed by atoms with Crippen LogP contribution in [0.5, 0.6) is 0 Å². The number of hydrogen-bond acceptors (Lipinski definition) is 2. The maximum absolute atomic E-state index is 5.76. The van der Waals surface area contributed by atoms with Crippen molar-refractivity contribution in [2.45, 2.75) is 32.9 Å². The molecule has 0 unspecified atom stereocenters. The van der Waals surface area contributed by atoms with E-state index in [0.29, 0.717) is 6.04 Å². The normalized spacial score (nSPS) is 17.1. The molecule has 0 fully saturated rings. The molecule has 1 aromatic carbocycles. The van der Waals surface area contributed by atoms with Gasteiger partial charge in [0, 0.05) is 24.8 Å². The van der Waals surface area contributed by atoms with Gasteiger partial charge in [-0.05, 0) is 43.5 Å². The minimum absolute atomic E-state index is 0.640. The van der Waals surface area contributed by atoms with E-state index in [4.69, 9.17) is 5.73 Å². The molecule has 14 heavy (non-hydrogen) atoms. The van der Waals surface area contributed by atoms with Crippen LogP contribution >= 0.6 is 0 Å². The Morgan fingerprint density at radius 3 is 2.79 bits per heavy atom. The molecule has 0 atom stereocenters. The highest BCUT2D eigenvalue weighted by Crippen LogP contribution is 2.22. The Hall–Kier alpha value is -1.02. The topological polar surface area (TPSA) is 29.3 Å². The number of fused-ring (bicyclic) bond motifs is 1. The molecule has 2 rings (SSSR count). The predicted octanol–water partition coefficient (Wildman–Crippen LogP) is 2.04. The summed E-state index contributed by atoms with van der Waals surface area (Å²) in [6, 6.07) is 6.93. The monoisotopic (exact) mass is 190 g/mol. The molecule has 0 spiro atoms. The molecule has 76 valence electrons. The molecule has 0 amide bonds. The molecule has 1 heterocycles. The maximum Gasteiger partial charge on any atom is 0.0316 e. The maximum atomic E-state index is 5.76. The van der Waals surface area contributed by atoms with Crippen molar-refractivity contribution in [3.8, 4) is 0 Å². The van der Waals surface area contributed by atoms with Gasteiger partial charge in [0.15, 0.2) is 0 Å². The van der Waals surface area contributed by atoms with Crippen molar-refractivity contribution in [2.24, 2.45) is 0 Å². The standard InChI is InChI=1S/C12H18N2/c1-9(2)14-6-5-10-7-12(13)4-3-11(10)8-14/h3-4,7,9H,5-6,8,13H2,1-2H3.